The SMILES string of the molecule is CN1CCC(c2c[nH]c3ccc(N(C=O)c4ccno4)cc23)CC1. The minimum atomic E-state index is 0.417. The Hall–Kier alpha value is -2.60. The average Bonchev–Trinajstić information content (AvgIpc) is 3.26. The lowest BCUT2D eigenvalue weighted by molar-refractivity contribution is -0.107. The van der Waals surface area contributed by atoms with Crippen molar-refractivity contribution in [1.82, 2.24) is 15.0 Å². The molecule has 1 fully saturated rings. The van der Waals surface area contributed by atoms with Gasteiger partial charge in [-0.25, -0.2) is 0 Å². The van der Waals surface area contributed by atoms with Crippen LogP contribution in [0.3, 0.4) is 0 Å². The number of nitrogens with one attached hydrogen (secondary N) is 1. The second-order valence-corrected chi connectivity index (χ2v) is 6.38. The zero-order valence-corrected chi connectivity index (χ0v) is 13.6. The topological polar surface area (TPSA) is 65.4 Å². The highest BCUT2D eigenvalue weighted by atomic mass is 16.5. The van der Waals surface area contributed by atoms with Crippen molar-refractivity contribution in [3.63, 3.8) is 0 Å². The highest BCUT2D eigenvalue weighted by molar-refractivity contribution is 5.92. The summed E-state index contributed by atoms with van der Waals surface area (Å²) in [5, 5.41) is 4.86. The summed E-state index contributed by atoms with van der Waals surface area (Å²) in [7, 11) is 2.17. The number of nitrogens with zero attached hydrogens (tertiary/aromatic N) is 3. The van der Waals surface area contributed by atoms with Crippen molar-refractivity contribution in [2.45, 2.75) is 18.8 Å². The van der Waals surface area contributed by atoms with Crippen LogP contribution in [-0.4, -0.2) is 41.6 Å². The molecule has 1 aliphatic heterocycles. The number of rotatable bonds is 4. The molecule has 3 heterocycles. The number of benzene rings is 1. The number of aromatic amines is 1. The smallest absolute Gasteiger partial charge is 0.238 e. The second-order valence-electron chi connectivity index (χ2n) is 6.38. The predicted molar refractivity (Wildman–Crippen MR) is 92.5 cm³/mol. The largest absolute Gasteiger partial charge is 0.361 e. The van der Waals surface area contributed by atoms with Gasteiger partial charge < -0.3 is 14.4 Å². The number of anilines is 2. The van der Waals surface area contributed by atoms with E-state index in [1.54, 1.807) is 6.07 Å². The Balaban J connectivity index is 1.72. The van der Waals surface area contributed by atoms with Crippen molar-refractivity contribution in [3.05, 3.63) is 42.2 Å². The summed E-state index contributed by atoms with van der Waals surface area (Å²) in [5.74, 6) is 0.973. The minimum Gasteiger partial charge on any atom is -0.361 e. The lowest BCUT2D eigenvalue weighted by atomic mass is 9.89. The van der Waals surface area contributed by atoms with E-state index >= 15 is 0 Å². The van der Waals surface area contributed by atoms with Crippen LogP contribution >= 0.6 is 0 Å². The van der Waals surface area contributed by atoms with Crippen molar-refractivity contribution in [2.75, 3.05) is 25.0 Å². The first kappa shape index (κ1) is 15.0. The van der Waals surface area contributed by atoms with Crippen LogP contribution in [0.25, 0.3) is 10.9 Å². The first-order valence-electron chi connectivity index (χ1n) is 8.21. The van der Waals surface area contributed by atoms with Crippen LogP contribution in [0.2, 0.25) is 0 Å². The van der Waals surface area contributed by atoms with E-state index in [1.807, 2.05) is 12.1 Å². The molecule has 0 atom stereocenters. The minimum absolute atomic E-state index is 0.417. The molecule has 124 valence electrons. The Morgan fingerprint density at radius 3 is 2.88 bits per heavy atom. The number of amides is 1. The van der Waals surface area contributed by atoms with Crippen LogP contribution in [0.4, 0.5) is 11.6 Å². The Labute approximate surface area is 140 Å². The monoisotopic (exact) mass is 324 g/mol. The van der Waals surface area contributed by atoms with E-state index < -0.39 is 0 Å². The van der Waals surface area contributed by atoms with Gasteiger partial charge in [-0.1, -0.05) is 5.16 Å². The molecule has 1 N–H and O–H groups in total. The third-order valence-corrected chi connectivity index (χ3v) is 4.90. The number of carbonyl (C=O) groups is 1. The van der Waals surface area contributed by atoms with E-state index in [0.717, 1.165) is 43.5 Å². The quantitative estimate of drug-likeness (QED) is 0.748. The maximum absolute atomic E-state index is 11.5. The third kappa shape index (κ3) is 2.59. The molecule has 0 bridgehead atoms. The summed E-state index contributed by atoms with van der Waals surface area (Å²) < 4.78 is 5.12. The molecule has 1 aliphatic rings. The van der Waals surface area contributed by atoms with E-state index in [-0.39, 0.29) is 0 Å². The first-order chi connectivity index (χ1) is 11.8. The molecule has 1 saturated heterocycles. The molecule has 3 aromatic rings. The lowest BCUT2D eigenvalue weighted by Gasteiger charge is -2.28. The Morgan fingerprint density at radius 2 is 2.17 bits per heavy atom. The molecule has 0 spiro atoms. The Morgan fingerprint density at radius 1 is 1.33 bits per heavy atom. The van der Waals surface area contributed by atoms with E-state index in [4.69, 9.17) is 4.52 Å². The zero-order valence-electron chi connectivity index (χ0n) is 13.6. The van der Waals surface area contributed by atoms with Crippen LogP contribution in [0, 0.1) is 0 Å². The molecule has 0 radical (unpaired) electrons. The molecule has 4 rings (SSSR count). The molecule has 2 aromatic heterocycles. The van der Waals surface area contributed by atoms with E-state index in [0.29, 0.717) is 11.8 Å². The van der Waals surface area contributed by atoms with Gasteiger partial charge in [0.25, 0.3) is 0 Å². The highest BCUT2D eigenvalue weighted by Gasteiger charge is 2.22. The molecule has 0 aliphatic carbocycles. The predicted octanol–water partition coefficient (Wildman–Crippen LogP) is 3.26. The molecular weight excluding hydrogens is 304 g/mol. The first-order valence-corrected chi connectivity index (χ1v) is 8.21. The van der Waals surface area contributed by atoms with Gasteiger partial charge in [0, 0.05) is 23.2 Å². The van der Waals surface area contributed by atoms with Gasteiger partial charge in [-0.05, 0) is 62.7 Å². The fraction of sp³-hybridized carbons (Fsp3) is 0.333. The molecule has 24 heavy (non-hydrogen) atoms. The maximum Gasteiger partial charge on any atom is 0.238 e. The van der Waals surface area contributed by atoms with Gasteiger partial charge in [0.2, 0.25) is 12.3 Å². The Kier molecular flexibility index (Phi) is 3.82. The van der Waals surface area contributed by atoms with Gasteiger partial charge in [-0.15, -0.1) is 0 Å². The third-order valence-electron chi connectivity index (χ3n) is 4.90. The van der Waals surface area contributed by atoms with E-state index in [2.05, 4.69) is 34.4 Å². The molecule has 6 heteroatoms. The molecule has 1 amide bonds. The zero-order chi connectivity index (χ0) is 16.5. The lowest BCUT2D eigenvalue weighted by Crippen LogP contribution is -2.29. The van der Waals surface area contributed by atoms with Crippen molar-refractivity contribution in [3.8, 4) is 0 Å². The van der Waals surface area contributed by atoms with Crippen LogP contribution in [0.5, 0.6) is 0 Å². The van der Waals surface area contributed by atoms with Gasteiger partial charge >= 0.3 is 0 Å². The Bertz CT molecular complexity index is 832. The van der Waals surface area contributed by atoms with Crippen LogP contribution in [0.1, 0.15) is 24.3 Å². The second kappa shape index (κ2) is 6.13. The van der Waals surface area contributed by atoms with Gasteiger partial charge in [0.15, 0.2) is 0 Å². The number of hydrogen-bond donors (Lipinski definition) is 1. The van der Waals surface area contributed by atoms with Crippen molar-refractivity contribution in [1.29, 1.82) is 0 Å². The number of carbonyl (C=O) groups excluding carboxylic acids is 1. The van der Waals surface area contributed by atoms with Crippen molar-refractivity contribution in [2.24, 2.45) is 0 Å². The summed E-state index contributed by atoms with van der Waals surface area (Å²) in [4.78, 5) is 18.7. The van der Waals surface area contributed by atoms with Crippen LogP contribution < -0.4 is 4.90 Å². The summed E-state index contributed by atoms with van der Waals surface area (Å²) in [6.45, 7) is 2.24. The van der Waals surface area contributed by atoms with Crippen LogP contribution in [0.15, 0.2) is 41.2 Å². The normalized spacial score (nSPS) is 16.5. The highest BCUT2D eigenvalue weighted by Crippen LogP contribution is 2.35. The van der Waals surface area contributed by atoms with E-state index in [1.165, 1.54) is 22.0 Å². The number of likely N-dealkylation sites (tertiary alicyclic amines) is 1. The summed E-state index contributed by atoms with van der Waals surface area (Å²) in [5.41, 5.74) is 3.21. The number of hydrogen-bond acceptors (Lipinski definition) is 4. The fourth-order valence-electron chi connectivity index (χ4n) is 3.51. The van der Waals surface area contributed by atoms with Gasteiger partial charge in [-0.3, -0.25) is 9.69 Å². The molecule has 6 nitrogen and oxygen atoms in total. The van der Waals surface area contributed by atoms with Gasteiger partial charge in [-0.2, -0.15) is 0 Å². The fourth-order valence-corrected chi connectivity index (χ4v) is 3.51. The number of H-pyrrole nitrogens is 1. The standard InChI is InChI=1S/C18H20N4O2/c1-21-8-5-13(6-9-21)16-11-19-17-3-2-14(10-15(16)17)22(12-23)18-4-7-20-24-18/h2-4,7,10-13,19H,5-6,8-9H2,1H3. The van der Waals surface area contributed by atoms with Gasteiger partial charge in [0.1, 0.15) is 0 Å². The van der Waals surface area contributed by atoms with Crippen molar-refractivity contribution < 1.29 is 9.32 Å². The van der Waals surface area contributed by atoms with Crippen molar-refractivity contribution >= 4 is 28.9 Å². The van der Waals surface area contributed by atoms with E-state index in [9.17, 15) is 4.79 Å². The molecule has 0 saturated carbocycles. The average molecular weight is 324 g/mol. The number of piperidine rings is 1. The van der Waals surface area contributed by atoms with Crippen LogP contribution in [-0.2, 0) is 4.79 Å². The number of aromatic nitrogens is 2. The summed E-state index contributed by atoms with van der Waals surface area (Å²) in [6.07, 6.45) is 6.72. The van der Waals surface area contributed by atoms with Gasteiger partial charge in [0.05, 0.1) is 11.9 Å². The molecule has 0 unspecified atom stereocenters. The summed E-state index contributed by atoms with van der Waals surface area (Å²) in [6, 6.07) is 7.65. The number of fused-ring (bicyclic) bond motifs is 1. The summed E-state index contributed by atoms with van der Waals surface area (Å²) >= 11 is 0. The molecular formula is C18H20N4O2. The molecule has 1 aromatic carbocycles. The maximum atomic E-state index is 11.5.